The number of allylic oxidation sites excluding steroid dienone is 2. The number of hydrazine groups is 1. The van der Waals surface area contributed by atoms with Crippen LogP contribution in [0.2, 0.25) is 0 Å². The Balaban J connectivity index is 2.13. The Labute approximate surface area is 114 Å². The van der Waals surface area contributed by atoms with E-state index in [9.17, 15) is 5.11 Å². The van der Waals surface area contributed by atoms with Crippen LogP contribution in [0.1, 0.15) is 31.7 Å². The molecule has 1 heterocycles. The monoisotopic (exact) mass is 259 g/mol. The predicted octanol–water partition coefficient (Wildman–Crippen LogP) is 2.27. The van der Waals surface area contributed by atoms with Gasteiger partial charge in [0.05, 0.1) is 5.71 Å². The Bertz CT molecular complexity index is 454. The van der Waals surface area contributed by atoms with Gasteiger partial charge in [0.2, 0.25) is 0 Å². The molecule has 1 saturated heterocycles. The summed E-state index contributed by atoms with van der Waals surface area (Å²) in [5.74, 6) is 0. The summed E-state index contributed by atoms with van der Waals surface area (Å²) in [7, 11) is 0. The molecule has 102 valence electrons. The van der Waals surface area contributed by atoms with Gasteiger partial charge < -0.3 is 15.5 Å². The van der Waals surface area contributed by atoms with Crippen LogP contribution in [-0.4, -0.2) is 28.6 Å². The summed E-state index contributed by atoms with van der Waals surface area (Å²) in [6.07, 6.45) is 4.49. The second-order valence-electron chi connectivity index (χ2n) is 4.83. The fraction of sp³-hybridized carbons (Fsp3) is 0.400. The number of nitrogens with zero attached hydrogens (tertiary/aromatic N) is 1. The van der Waals surface area contributed by atoms with E-state index in [-0.39, 0.29) is 0 Å². The quantitative estimate of drug-likeness (QED) is 0.574. The third-order valence-corrected chi connectivity index (χ3v) is 3.15. The van der Waals surface area contributed by atoms with Gasteiger partial charge in [-0.2, -0.15) is 0 Å². The summed E-state index contributed by atoms with van der Waals surface area (Å²) >= 11 is 0. The minimum atomic E-state index is -0.576. The van der Waals surface area contributed by atoms with Gasteiger partial charge in [-0.3, -0.25) is 0 Å². The number of hydrogen-bond donors (Lipinski definition) is 3. The highest BCUT2D eigenvalue weighted by Crippen LogP contribution is 2.19. The van der Waals surface area contributed by atoms with Crippen molar-refractivity contribution in [1.82, 2.24) is 10.4 Å². The smallest absolute Gasteiger partial charge is 0.118 e. The Hall–Kier alpha value is -1.65. The van der Waals surface area contributed by atoms with Gasteiger partial charge in [0, 0.05) is 12.2 Å². The molecular formula is C15H21N3O. The van der Waals surface area contributed by atoms with Crippen LogP contribution in [0.3, 0.4) is 0 Å². The summed E-state index contributed by atoms with van der Waals surface area (Å²) in [6, 6.07) is 9.71. The van der Waals surface area contributed by atoms with E-state index in [0.717, 1.165) is 37.1 Å². The van der Waals surface area contributed by atoms with Crippen molar-refractivity contribution in [3.05, 3.63) is 47.7 Å². The fourth-order valence-electron chi connectivity index (χ4n) is 2.25. The first-order valence-corrected chi connectivity index (χ1v) is 6.73. The second-order valence-corrected chi connectivity index (χ2v) is 4.83. The zero-order valence-corrected chi connectivity index (χ0v) is 11.3. The van der Waals surface area contributed by atoms with Crippen molar-refractivity contribution in [2.45, 2.75) is 32.4 Å². The van der Waals surface area contributed by atoms with Crippen molar-refractivity contribution >= 4 is 5.71 Å². The first kappa shape index (κ1) is 13.8. The van der Waals surface area contributed by atoms with E-state index in [1.807, 2.05) is 41.4 Å². The lowest BCUT2D eigenvalue weighted by molar-refractivity contribution is 0.0582. The first-order chi connectivity index (χ1) is 9.16. The summed E-state index contributed by atoms with van der Waals surface area (Å²) in [6.45, 7) is 2.58. The van der Waals surface area contributed by atoms with Crippen LogP contribution < -0.4 is 5.43 Å². The minimum absolute atomic E-state index is 0.509. The molecule has 0 aliphatic carbocycles. The highest BCUT2D eigenvalue weighted by Gasteiger charge is 2.16. The molecular weight excluding hydrogens is 238 g/mol. The molecule has 0 saturated carbocycles. The molecule has 0 radical (unpaired) electrons. The fourth-order valence-corrected chi connectivity index (χ4v) is 2.25. The molecule has 2 rings (SSSR count). The van der Waals surface area contributed by atoms with E-state index in [2.05, 4.69) is 5.43 Å². The molecule has 19 heavy (non-hydrogen) atoms. The van der Waals surface area contributed by atoms with Crippen LogP contribution in [0.15, 0.2) is 42.1 Å². The normalized spacial score (nSPS) is 19.5. The van der Waals surface area contributed by atoms with Crippen molar-refractivity contribution in [2.75, 3.05) is 6.54 Å². The van der Waals surface area contributed by atoms with Crippen molar-refractivity contribution in [1.29, 1.82) is 5.41 Å². The van der Waals surface area contributed by atoms with Gasteiger partial charge in [-0.15, -0.1) is 0 Å². The number of aliphatic hydroxyl groups is 1. The Morgan fingerprint density at radius 1 is 1.37 bits per heavy atom. The highest BCUT2D eigenvalue weighted by atomic mass is 16.3. The van der Waals surface area contributed by atoms with E-state index in [4.69, 9.17) is 5.41 Å². The second kappa shape index (κ2) is 6.50. The van der Waals surface area contributed by atoms with E-state index in [1.54, 1.807) is 6.92 Å². The van der Waals surface area contributed by atoms with Gasteiger partial charge in [0.25, 0.3) is 0 Å². The van der Waals surface area contributed by atoms with Crippen LogP contribution in [0.5, 0.6) is 0 Å². The molecule has 3 N–H and O–H groups in total. The molecule has 1 atom stereocenters. The first-order valence-electron chi connectivity index (χ1n) is 6.73. The molecule has 0 bridgehead atoms. The predicted molar refractivity (Wildman–Crippen MR) is 76.7 cm³/mol. The van der Waals surface area contributed by atoms with Gasteiger partial charge in [-0.05, 0) is 37.8 Å². The summed E-state index contributed by atoms with van der Waals surface area (Å²) in [4.78, 5) is 0. The van der Waals surface area contributed by atoms with Gasteiger partial charge >= 0.3 is 0 Å². The number of piperidine rings is 1. The number of benzene rings is 1. The van der Waals surface area contributed by atoms with Gasteiger partial charge in [-0.1, -0.05) is 30.3 Å². The maximum Gasteiger partial charge on any atom is 0.118 e. The van der Waals surface area contributed by atoms with Crippen molar-refractivity contribution in [2.24, 2.45) is 0 Å². The molecule has 1 aromatic carbocycles. The SMILES string of the molecule is CC(O)NN1CCCC/C1=C/C(=N)c1ccccc1. The molecule has 0 spiro atoms. The topological polar surface area (TPSA) is 59.4 Å². The maximum atomic E-state index is 9.44. The summed E-state index contributed by atoms with van der Waals surface area (Å²) in [5, 5.41) is 19.5. The van der Waals surface area contributed by atoms with E-state index in [0.29, 0.717) is 5.71 Å². The number of nitrogens with one attached hydrogen (secondary N) is 2. The Morgan fingerprint density at radius 2 is 2.11 bits per heavy atom. The minimum Gasteiger partial charge on any atom is -0.377 e. The number of rotatable bonds is 4. The molecule has 0 aromatic heterocycles. The molecule has 4 heteroatoms. The molecule has 1 aliphatic heterocycles. The van der Waals surface area contributed by atoms with E-state index in [1.165, 1.54) is 0 Å². The van der Waals surface area contributed by atoms with E-state index >= 15 is 0 Å². The zero-order valence-electron chi connectivity index (χ0n) is 11.3. The number of aliphatic hydroxyl groups excluding tert-OH is 1. The lowest BCUT2D eigenvalue weighted by atomic mass is 10.0. The summed E-state index contributed by atoms with van der Waals surface area (Å²) in [5.41, 5.74) is 5.51. The Morgan fingerprint density at radius 3 is 2.79 bits per heavy atom. The van der Waals surface area contributed by atoms with Gasteiger partial charge in [0.1, 0.15) is 6.23 Å². The highest BCUT2D eigenvalue weighted by molar-refractivity contribution is 6.06. The third-order valence-electron chi connectivity index (χ3n) is 3.15. The van der Waals surface area contributed by atoms with Crippen LogP contribution in [-0.2, 0) is 0 Å². The average Bonchev–Trinajstić information content (AvgIpc) is 2.41. The van der Waals surface area contributed by atoms with Crippen molar-refractivity contribution in [3.63, 3.8) is 0 Å². The molecule has 1 aromatic rings. The lowest BCUT2D eigenvalue weighted by Crippen LogP contribution is -2.45. The maximum absolute atomic E-state index is 9.44. The van der Waals surface area contributed by atoms with Crippen molar-refractivity contribution in [3.8, 4) is 0 Å². The Kier molecular flexibility index (Phi) is 4.71. The molecule has 4 nitrogen and oxygen atoms in total. The average molecular weight is 259 g/mol. The molecule has 1 aliphatic rings. The number of hydrogen-bond acceptors (Lipinski definition) is 4. The van der Waals surface area contributed by atoms with Crippen molar-refractivity contribution < 1.29 is 5.11 Å². The summed E-state index contributed by atoms with van der Waals surface area (Å²) < 4.78 is 0. The lowest BCUT2D eigenvalue weighted by Gasteiger charge is -2.33. The molecule has 0 amide bonds. The van der Waals surface area contributed by atoms with Gasteiger partial charge in [-0.25, -0.2) is 5.43 Å². The zero-order chi connectivity index (χ0) is 13.7. The van der Waals surface area contributed by atoms with Crippen LogP contribution in [0.25, 0.3) is 0 Å². The van der Waals surface area contributed by atoms with E-state index < -0.39 is 6.23 Å². The van der Waals surface area contributed by atoms with Crippen LogP contribution in [0, 0.1) is 5.41 Å². The molecule has 1 unspecified atom stereocenters. The molecule has 1 fully saturated rings. The standard InChI is InChI=1S/C15H21N3O/c1-12(19)17-18-10-6-5-9-14(18)11-15(16)13-7-3-2-4-8-13/h2-4,7-8,11-12,16-17,19H,5-6,9-10H2,1H3/b14-11-,16-15?. The van der Waals surface area contributed by atoms with Gasteiger partial charge in [0.15, 0.2) is 0 Å². The van der Waals surface area contributed by atoms with Crippen LogP contribution >= 0.6 is 0 Å². The largest absolute Gasteiger partial charge is 0.377 e. The van der Waals surface area contributed by atoms with Crippen LogP contribution in [0.4, 0.5) is 0 Å². The third kappa shape index (κ3) is 3.91.